The molecule has 0 amide bonds. The Morgan fingerprint density at radius 2 is 1.30 bits per heavy atom. The molecule has 0 bridgehead atoms. The SMILES string of the molecule is NC(=Nc1ccccc1)c1ccccc1C=Cc1ccccc1. The molecule has 0 aliphatic heterocycles. The van der Waals surface area contributed by atoms with Gasteiger partial charge < -0.3 is 5.73 Å². The van der Waals surface area contributed by atoms with Gasteiger partial charge in [0.15, 0.2) is 0 Å². The molecular formula is C21H18N2. The van der Waals surface area contributed by atoms with Crippen molar-refractivity contribution in [2.24, 2.45) is 10.7 Å². The zero-order valence-corrected chi connectivity index (χ0v) is 12.8. The van der Waals surface area contributed by atoms with Crippen LogP contribution in [-0.2, 0) is 0 Å². The number of benzene rings is 3. The molecule has 0 unspecified atom stereocenters. The summed E-state index contributed by atoms with van der Waals surface area (Å²) in [4.78, 5) is 4.51. The molecule has 3 aromatic carbocycles. The molecule has 0 fully saturated rings. The smallest absolute Gasteiger partial charge is 0.131 e. The van der Waals surface area contributed by atoms with Crippen LogP contribution in [0.1, 0.15) is 16.7 Å². The van der Waals surface area contributed by atoms with Crippen LogP contribution in [0.4, 0.5) is 5.69 Å². The normalized spacial score (nSPS) is 11.7. The van der Waals surface area contributed by atoms with Gasteiger partial charge in [0.2, 0.25) is 0 Å². The summed E-state index contributed by atoms with van der Waals surface area (Å²) >= 11 is 0. The van der Waals surface area contributed by atoms with Gasteiger partial charge in [-0.3, -0.25) is 0 Å². The standard InChI is InChI=1S/C21H18N2/c22-21(23-19-12-5-2-6-13-19)20-14-8-7-11-18(20)16-15-17-9-3-1-4-10-17/h1-16H,(H2,22,23). The van der Waals surface area contributed by atoms with Crippen LogP contribution in [0.2, 0.25) is 0 Å². The molecule has 0 saturated carbocycles. The second-order valence-corrected chi connectivity index (χ2v) is 5.16. The number of rotatable bonds is 4. The number of aliphatic imine (C=N–C) groups is 1. The third kappa shape index (κ3) is 3.95. The van der Waals surface area contributed by atoms with Crippen LogP contribution in [0.15, 0.2) is 89.9 Å². The van der Waals surface area contributed by atoms with Gasteiger partial charge in [-0.05, 0) is 23.3 Å². The maximum Gasteiger partial charge on any atom is 0.131 e. The van der Waals surface area contributed by atoms with Crippen LogP contribution in [0.3, 0.4) is 0 Å². The summed E-state index contributed by atoms with van der Waals surface area (Å²) in [6.45, 7) is 0. The van der Waals surface area contributed by atoms with Crippen molar-refractivity contribution >= 4 is 23.7 Å². The Kier molecular flexibility index (Phi) is 4.65. The summed E-state index contributed by atoms with van der Waals surface area (Å²) in [6.07, 6.45) is 4.15. The van der Waals surface area contributed by atoms with Gasteiger partial charge in [-0.15, -0.1) is 0 Å². The summed E-state index contributed by atoms with van der Waals surface area (Å²) < 4.78 is 0. The molecule has 2 nitrogen and oxygen atoms in total. The lowest BCUT2D eigenvalue weighted by Crippen LogP contribution is -2.14. The highest BCUT2D eigenvalue weighted by atomic mass is 14.9. The zero-order valence-electron chi connectivity index (χ0n) is 12.8. The molecule has 0 saturated heterocycles. The van der Waals surface area contributed by atoms with Crippen molar-refractivity contribution in [3.63, 3.8) is 0 Å². The largest absolute Gasteiger partial charge is 0.383 e. The molecule has 3 aromatic rings. The topological polar surface area (TPSA) is 38.4 Å². The highest BCUT2D eigenvalue weighted by molar-refractivity contribution is 6.02. The third-order valence-corrected chi connectivity index (χ3v) is 3.50. The average molecular weight is 298 g/mol. The number of hydrogen-bond donors (Lipinski definition) is 1. The Balaban J connectivity index is 1.92. The zero-order chi connectivity index (χ0) is 15.9. The Hall–Kier alpha value is -3.13. The number of hydrogen-bond acceptors (Lipinski definition) is 1. The molecule has 0 atom stereocenters. The molecule has 23 heavy (non-hydrogen) atoms. The van der Waals surface area contributed by atoms with Crippen LogP contribution in [0.25, 0.3) is 12.2 Å². The second kappa shape index (κ2) is 7.23. The minimum absolute atomic E-state index is 0.518. The first kappa shape index (κ1) is 14.8. The lowest BCUT2D eigenvalue weighted by atomic mass is 10.0. The monoisotopic (exact) mass is 298 g/mol. The van der Waals surface area contributed by atoms with E-state index in [0.29, 0.717) is 5.84 Å². The van der Waals surface area contributed by atoms with Crippen LogP contribution in [0, 0.1) is 0 Å². The molecule has 3 rings (SSSR count). The molecule has 0 heterocycles. The van der Waals surface area contributed by atoms with Gasteiger partial charge in [0.05, 0.1) is 5.69 Å². The maximum atomic E-state index is 6.21. The Labute approximate surface area is 136 Å². The van der Waals surface area contributed by atoms with Crippen molar-refractivity contribution < 1.29 is 0 Å². The molecular weight excluding hydrogens is 280 g/mol. The van der Waals surface area contributed by atoms with Crippen molar-refractivity contribution in [2.75, 3.05) is 0 Å². The van der Waals surface area contributed by atoms with Crippen LogP contribution in [-0.4, -0.2) is 5.84 Å². The van der Waals surface area contributed by atoms with Gasteiger partial charge >= 0.3 is 0 Å². The van der Waals surface area contributed by atoms with Crippen molar-refractivity contribution in [3.8, 4) is 0 Å². The number of para-hydroxylation sites is 1. The lowest BCUT2D eigenvalue weighted by Gasteiger charge is -2.06. The first-order valence-corrected chi connectivity index (χ1v) is 7.55. The van der Waals surface area contributed by atoms with Crippen molar-refractivity contribution in [2.45, 2.75) is 0 Å². The van der Waals surface area contributed by atoms with E-state index in [2.05, 4.69) is 29.3 Å². The van der Waals surface area contributed by atoms with Crippen LogP contribution >= 0.6 is 0 Å². The van der Waals surface area contributed by atoms with Gasteiger partial charge in [-0.1, -0.05) is 84.9 Å². The van der Waals surface area contributed by atoms with E-state index >= 15 is 0 Å². The molecule has 112 valence electrons. The van der Waals surface area contributed by atoms with E-state index in [4.69, 9.17) is 5.73 Å². The van der Waals surface area contributed by atoms with E-state index in [0.717, 1.165) is 22.4 Å². The van der Waals surface area contributed by atoms with E-state index in [1.807, 2.05) is 72.8 Å². The summed E-state index contributed by atoms with van der Waals surface area (Å²) in [5.74, 6) is 0.518. The van der Waals surface area contributed by atoms with E-state index in [9.17, 15) is 0 Å². The molecule has 0 aliphatic rings. The fourth-order valence-electron chi connectivity index (χ4n) is 2.33. The van der Waals surface area contributed by atoms with Gasteiger partial charge in [-0.25, -0.2) is 4.99 Å². The molecule has 2 N–H and O–H groups in total. The molecule has 2 heteroatoms. The van der Waals surface area contributed by atoms with E-state index in [1.54, 1.807) is 0 Å². The first-order chi connectivity index (χ1) is 11.3. The Bertz CT molecular complexity index is 819. The molecule has 0 aliphatic carbocycles. The minimum atomic E-state index is 0.518. The predicted molar refractivity (Wildman–Crippen MR) is 98.6 cm³/mol. The predicted octanol–water partition coefficient (Wildman–Crippen LogP) is 4.89. The fraction of sp³-hybridized carbons (Fsp3) is 0. The van der Waals surface area contributed by atoms with Crippen LogP contribution in [0.5, 0.6) is 0 Å². The van der Waals surface area contributed by atoms with Crippen molar-refractivity contribution in [3.05, 3.63) is 102 Å². The van der Waals surface area contributed by atoms with Crippen LogP contribution < -0.4 is 5.73 Å². The Morgan fingerprint density at radius 3 is 2.04 bits per heavy atom. The summed E-state index contributed by atoms with van der Waals surface area (Å²) in [7, 11) is 0. The molecule has 0 spiro atoms. The fourth-order valence-corrected chi connectivity index (χ4v) is 2.33. The highest BCUT2D eigenvalue weighted by Crippen LogP contribution is 2.16. The summed E-state index contributed by atoms with van der Waals surface area (Å²) in [5.41, 5.74) is 10.2. The quantitative estimate of drug-likeness (QED) is 0.415. The average Bonchev–Trinajstić information content (AvgIpc) is 2.62. The Morgan fingerprint density at radius 1 is 0.696 bits per heavy atom. The second-order valence-electron chi connectivity index (χ2n) is 5.16. The minimum Gasteiger partial charge on any atom is -0.383 e. The third-order valence-electron chi connectivity index (χ3n) is 3.50. The first-order valence-electron chi connectivity index (χ1n) is 7.55. The van der Waals surface area contributed by atoms with E-state index in [1.165, 1.54) is 0 Å². The lowest BCUT2D eigenvalue weighted by molar-refractivity contribution is 1.44. The summed E-state index contributed by atoms with van der Waals surface area (Å²) in [6, 6.07) is 28.0. The van der Waals surface area contributed by atoms with E-state index < -0.39 is 0 Å². The van der Waals surface area contributed by atoms with Gasteiger partial charge in [-0.2, -0.15) is 0 Å². The van der Waals surface area contributed by atoms with Gasteiger partial charge in [0.25, 0.3) is 0 Å². The maximum absolute atomic E-state index is 6.21. The van der Waals surface area contributed by atoms with Gasteiger partial charge in [0, 0.05) is 5.56 Å². The summed E-state index contributed by atoms with van der Waals surface area (Å²) in [5, 5.41) is 0. The number of amidine groups is 1. The molecule has 0 aromatic heterocycles. The van der Waals surface area contributed by atoms with E-state index in [-0.39, 0.29) is 0 Å². The van der Waals surface area contributed by atoms with Crippen molar-refractivity contribution in [1.29, 1.82) is 0 Å². The van der Waals surface area contributed by atoms with Gasteiger partial charge in [0.1, 0.15) is 5.84 Å². The number of nitrogens with zero attached hydrogens (tertiary/aromatic N) is 1. The molecule has 0 radical (unpaired) electrons. The number of nitrogens with two attached hydrogens (primary N) is 1. The highest BCUT2D eigenvalue weighted by Gasteiger charge is 2.03. The van der Waals surface area contributed by atoms with Crippen molar-refractivity contribution in [1.82, 2.24) is 0 Å².